The highest BCUT2D eigenvalue weighted by Crippen LogP contribution is 2.24. The average molecular weight is 363 g/mol. The highest BCUT2D eigenvalue weighted by Gasteiger charge is 2.09. The molecule has 2 aromatic rings. The minimum absolute atomic E-state index is 0.0796. The van der Waals surface area contributed by atoms with Crippen molar-refractivity contribution < 1.29 is 19.4 Å². The van der Waals surface area contributed by atoms with Gasteiger partial charge in [-0.1, -0.05) is 34.1 Å². The molecule has 2 aromatic carbocycles. The Bertz CT molecular complexity index is 678. The van der Waals surface area contributed by atoms with E-state index in [2.05, 4.69) is 15.9 Å². The predicted molar refractivity (Wildman–Crippen MR) is 88.1 cm³/mol. The van der Waals surface area contributed by atoms with E-state index in [-0.39, 0.29) is 23.9 Å². The fraction of sp³-hybridized carbons (Fsp3) is 0.118. The lowest BCUT2D eigenvalue weighted by atomic mass is 10.1. The highest BCUT2D eigenvalue weighted by atomic mass is 79.9. The Morgan fingerprint density at radius 2 is 1.95 bits per heavy atom. The number of phenolic OH excluding ortho intramolecular Hbond substituents is 1. The fourth-order valence-corrected chi connectivity index (χ4v) is 2.04. The van der Waals surface area contributed by atoms with Crippen LogP contribution in [-0.2, 0) is 4.74 Å². The van der Waals surface area contributed by atoms with Crippen LogP contribution in [0.25, 0.3) is 6.08 Å². The number of hydrogen-bond donors (Lipinski definition) is 1. The molecular formula is C17H15BrO4. The molecule has 0 heterocycles. The average Bonchev–Trinajstić information content (AvgIpc) is 2.52. The van der Waals surface area contributed by atoms with Crippen molar-refractivity contribution in [3.63, 3.8) is 0 Å². The number of ether oxygens (including phenoxy) is 2. The third-order valence-electron chi connectivity index (χ3n) is 2.88. The van der Waals surface area contributed by atoms with E-state index in [1.165, 1.54) is 25.3 Å². The Morgan fingerprint density at radius 1 is 1.23 bits per heavy atom. The van der Waals surface area contributed by atoms with Crippen LogP contribution in [0.1, 0.15) is 15.9 Å². The van der Waals surface area contributed by atoms with E-state index in [1.54, 1.807) is 12.1 Å². The molecule has 0 fully saturated rings. The summed E-state index contributed by atoms with van der Waals surface area (Å²) in [6.45, 7) is 0.0796. The molecule has 0 bridgehead atoms. The Morgan fingerprint density at radius 3 is 2.59 bits per heavy atom. The number of hydrogen-bond acceptors (Lipinski definition) is 4. The molecular weight excluding hydrogens is 348 g/mol. The van der Waals surface area contributed by atoms with Crippen LogP contribution in [0, 0.1) is 0 Å². The number of aromatic hydroxyl groups is 1. The molecule has 1 N–H and O–H groups in total. The van der Waals surface area contributed by atoms with Gasteiger partial charge in [-0.05, 0) is 35.9 Å². The summed E-state index contributed by atoms with van der Waals surface area (Å²) in [6.07, 6.45) is 3.12. The molecule has 0 atom stereocenters. The molecule has 4 nitrogen and oxygen atoms in total. The standard InChI is InChI=1S/C17H15BrO4/c1-21-11-22-14-7-8-15(17(20)10-14)16(19)9-4-12-2-5-13(18)6-3-12/h2-10,20H,11H2,1H3. The van der Waals surface area contributed by atoms with Crippen molar-refractivity contribution in [2.75, 3.05) is 13.9 Å². The summed E-state index contributed by atoms with van der Waals surface area (Å²) in [5, 5.41) is 9.91. The van der Waals surface area contributed by atoms with Crippen LogP contribution in [0.15, 0.2) is 53.0 Å². The fourth-order valence-electron chi connectivity index (χ4n) is 1.77. The van der Waals surface area contributed by atoms with E-state index >= 15 is 0 Å². The second kappa shape index (κ2) is 7.77. The highest BCUT2D eigenvalue weighted by molar-refractivity contribution is 9.10. The number of phenols is 1. The number of methoxy groups -OCH3 is 1. The molecule has 0 aliphatic carbocycles. The van der Waals surface area contributed by atoms with Crippen molar-refractivity contribution in [3.05, 3.63) is 64.1 Å². The zero-order valence-corrected chi connectivity index (χ0v) is 13.5. The Balaban J connectivity index is 2.10. The van der Waals surface area contributed by atoms with Gasteiger partial charge < -0.3 is 14.6 Å². The summed E-state index contributed by atoms with van der Waals surface area (Å²) < 4.78 is 10.9. The maximum Gasteiger partial charge on any atom is 0.189 e. The van der Waals surface area contributed by atoms with Crippen molar-refractivity contribution in [1.29, 1.82) is 0 Å². The van der Waals surface area contributed by atoms with Crippen LogP contribution in [-0.4, -0.2) is 24.8 Å². The quantitative estimate of drug-likeness (QED) is 0.478. The van der Waals surface area contributed by atoms with Gasteiger partial charge in [0.25, 0.3) is 0 Å². The van der Waals surface area contributed by atoms with Gasteiger partial charge >= 0.3 is 0 Å². The maximum atomic E-state index is 12.1. The Labute approximate surface area is 137 Å². The monoisotopic (exact) mass is 362 g/mol. The van der Waals surface area contributed by atoms with Crippen LogP contribution in [0.2, 0.25) is 0 Å². The molecule has 114 valence electrons. The molecule has 22 heavy (non-hydrogen) atoms. The minimum Gasteiger partial charge on any atom is -0.507 e. The zero-order valence-electron chi connectivity index (χ0n) is 12.0. The minimum atomic E-state index is -0.279. The predicted octanol–water partition coefficient (Wildman–Crippen LogP) is 4.03. The van der Waals surface area contributed by atoms with Gasteiger partial charge in [0, 0.05) is 17.6 Å². The first kappa shape index (κ1) is 16.3. The lowest BCUT2D eigenvalue weighted by molar-refractivity contribution is 0.0510. The third-order valence-corrected chi connectivity index (χ3v) is 3.40. The number of carbonyl (C=O) groups is 1. The normalized spacial score (nSPS) is 10.8. The molecule has 0 radical (unpaired) electrons. The summed E-state index contributed by atoms with van der Waals surface area (Å²) >= 11 is 3.35. The molecule has 2 rings (SSSR count). The van der Waals surface area contributed by atoms with Crippen LogP contribution in [0.3, 0.4) is 0 Å². The summed E-state index contributed by atoms with van der Waals surface area (Å²) in [5.41, 5.74) is 1.12. The van der Waals surface area contributed by atoms with Gasteiger partial charge in [0.15, 0.2) is 12.6 Å². The van der Waals surface area contributed by atoms with Crippen LogP contribution in [0.5, 0.6) is 11.5 Å². The molecule has 0 saturated carbocycles. The van der Waals surface area contributed by atoms with E-state index < -0.39 is 0 Å². The number of halogens is 1. The molecule has 0 saturated heterocycles. The molecule has 0 spiro atoms. The van der Waals surface area contributed by atoms with Crippen molar-refractivity contribution >= 4 is 27.8 Å². The summed E-state index contributed by atoms with van der Waals surface area (Å²) in [5.74, 6) is 0.0329. The number of allylic oxidation sites excluding steroid dienone is 1. The van der Waals surface area contributed by atoms with Gasteiger partial charge in [0.1, 0.15) is 11.5 Å². The van der Waals surface area contributed by atoms with Gasteiger partial charge in [-0.3, -0.25) is 4.79 Å². The summed E-state index contributed by atoms with van der Waals surface area (Å²) in [6, 6.07) is 12.1. The van der Waals surface area contributed by atoms with E-state index in [0.29, 0.717) is 5.75 Å². The second-order valence-electron chi connectivity index (χ2n) is 4.48. The first-order valence-electron chi connectivity index (χ1n) is 6.53. The number of ketones is 1. The van der Waals surface area contributed by atoms with Crippen LogP contribution >= 0.6 is 15.9 Å². The molecule has 5 heteroatoms. The van der Waals surface area contributed by atoms with Gasteiger partial charge in [-0.2, -0.15) is 0 Å². The van der Waals surface area contributed by atoms with E-state index in [0.717, 1.165) is 10.0 Å². The first-order chi connectivity index (χ1) is 10.6. The maximum absolute atomic E-state index is 12.1. The smallest absolute Gasteiger partial charge is 0.189 e. The second-order valence-corrected chi connectivity index (χ2v) is 5.39. The molecule has 0 aliphatic heterocycles. The van der Waals surface area contributed by atoms with Gasteiger partial charge in [0.05, 0.1) is 5.56 Å². The number of rotatable bonds is 6. The summed E-state index contributed by atoms with van der Waals surface area (Å²) in [7, 11) is 1.50. The van der Waals surface area contributed by atoms with Crippen molar-refractivity contribution in [2.45, 2.75) is 0 Å². The molecule has 0 aliphatic rings. The topological polar surface area (TPSA) is 55.8 Å². The van der Waals surface area contributed by atoms with Gasteiger partial charge in [0.2, 0.25) is 0 Å². The Hall–Kier alpha value is -2.11. The molecule has 0 aromatic heterocycles. The lowest BCUT2D eigenvalue weighted by Crippen LogP contribution is -2.00. The van der Waals surface area contributed by atoms with Crippen molar-refractivity contribution in [3.8, 4) is 11.5 Å². The van der Waals surface area contributed by atoms with E-state index in [1.807, 2.05) is 24.3 Å². The molecule has 0 amide bonds. The SMILES string of the molecule is COCOc1ccc(C(=O)C=Cc2ccc(Br)cc2)c(O)c1. The van der Waals surface area contributed by atoms with Crippen LogP contribution in [0.4, 0.5) is 0 Å². The summed E-state index contributed by atoms with van der Waals surface area (Å²) in [4.78, 5) is 12.1. The third kappa shape index (κ3) is 4.44. The number of benzene rings is 2. The van der Waals surface area contributed by atoms with Crippen molar-refractivity contribution in [2.24, 2.45) is 0 Å². The largest absolute Gasteiger partial charge is 0.507 e. The van der Waals surface area contributed by atoms with Crippen LogP contribution < -0.4 is 4.74 Å². The Kier molecular flexibility index (Phi) is 5.75. The lowest BCUT2D eigenvalue weighted by Gasteiger charge is -2.06. The number of carbonyl (C=O) groups excluding carboxylic acids is 1. The van der Waals surface area contributed by atoms with E-state index in [4.69, 9.17) is 9.47 Å². The van der Waals surface area contributed by atoms with Crippen molar-refractivity contribution in [1.82, 2.24) is 0 Å². The zero-order chi connectivity index (χ0) is 15.9. The van der Waals surface area contributed by atoms with Gasteiger partial charge in [-0.15, -0.1) is 0 Å². The van der Waals surface area contributed by atoms with Gasteiger partial charge in [-0.25, -0.2) is 0 Å². The first-order valence-corrected chi connectivity index (χ1v) is 7.32. The van der Waals surface area contributed by atoms with E-state index in [9.17, 15) is 9.90 Å². The molecule has 0 unspecified atom stereocenters.